The van der Waals surface area contributed by atoms with Crippen molar-refractivity contribution in [2.24, 2.45) is 0 Å². The highest BCUT2D eigenvalue weighted by atomic mass is 28.5. The third-order valence-corrected chi connectivity index (χ3v) is 14.4. The van der Waals surface area contributed by atoms with E-state index in [-0.39, 0.29) is 0 Å². The maximum Gasteiger partial charge on any atom is 0.312 e. The van der Waals surface area contributed by atoms with Crippen LogP contribution in [0.1, 0.15) is 0 Å². The Labute approximate surface area is 78.1 Å². The van der Waals surface area contributed by atoms with E-state index in [2.05, 4.69) is 43.9 Å². The van der Waals surface area contributed by atoms with Crippen molar-refractivity contribution < 1.29 is 8.23 Å². The first-order valence-corrected chi connectivity index (χ1v) is 12.9. The van der Waals surface area contributed by atoms with Gasteiger partial charge in [0.2, 0.25) is 17.0 Å². The number of hydrogen-bond acceptors (Lipinski definition) is 3. The summed E-state index contributed by atoms with van der Waals surface area (Å²) in [7, 11) is -5.03. The Kier molecular flexibility index (Phi) is 2.44. The zero-order valence-electron chi connectivity index (χ0n) is 8.82. The highest BCUT2D eigenvalue weighted by molar-refractivity contribution is 6.96. The summed E-state index contributed by atoms with van der Waals surface area (Å²) in [4.78, 5) is 0. The van der Waals surface area contributed by atoms with E-state index in [9.17, 15) is 0 Å². The van der Waals surface area contributed by atoms with Crippen LogP contribution in [0.25, 0.3) is 0 Å². The fourth-order valence-corrected chi connectivity index (χ4v) is 19.5. The van der Waals surface area contributed by atoms with Gasteiger partial charge in [0.15, 0.2) is 0 Å². The molecule has 0 aromatic rings. The van der Waals surface area contributed by atoms with E-state index in [4.69, 9.17) is 8.23 Å². The minimum absolute atomic E-state index is 1.61. The molecule has 0 bridgehead atoms. The van der Waals surface area contributed by atoms with Crippen molar-refractivity contribution in [2.45, 2.75) is 39.3 Å². The van der Waals surface area contributed by atoms with Crippen LogP contribution in [0.4, 0.5) is 0 Å². The minimum atomic E-state index is -1.80. The fraction of sp³-hybridized carbons (Fsp3) is 1.00. The van der Waals surface area contributed by atoms with Crippen LogP contribution in [0.15, 0.2) is 0 Å². The average molecular weight is 221 g/mol. The van der Waals surface area contributed by atoms with E-state index >= 15 is 0 Å². The normalized spacial score (nSPS) is 31.5. The van der Waals surface area contributed by atoms with E-state index in [1.807, 2.05) is 0 Å². The van der Waals surface area contributed by atoms with Gasteiger partial charge in [0.1, 0.15) is 0 Å². The van der Waals surface area contributed by atoms with Crippen LogP contribution < -0.4 is 4.65 Å². The van der Waals surface area contributed by atoms with Crippen molar-refractivity contribution in [2.75, 3.05) is 0 Å². The SMILES string of the molecule is C[Si]1(C)N[Si](C)(C)O[Si](C)(C)O1. The zero-order chi connectivity index (χ0) is 9.62. The molecular weight excluding hydrogens is 202 g/mol. The summed E-state index contributed by atoms with van der Waals surface area (Å²) < 4.78 is 15.5. The molecular formula is C6H19NO2Si3. The maximum atomic E-state index is 5.98. The second kappa shape index (κ2) is 2.76. The number of nitrogens with one attached hydrogen (secondary N) is 1. The van der Waals surface area contributed by atoms with E-state index in [0.29, 0.717) is 0 Å². The van der Waals surface area contributed by atoms with Gasteiger partial charge in [-0.15, -0.1) is 0 Å². The predicted molar refractivity (Wildman–Crippen MR) is 57.8 cm³/mol. The van der Waals surface area contributed by atoms with Crippen LogP contribution in [0.3, 0.4) is 0 Å². The standard InChI is InChI=1S/C6H19NO2Si3/c1-10(2)7-11(3,4)9-12(5,6)8-10/h7H,1-6H3. The molecule has 72 valence electrons. The third kappa shape index (κ3) is 2.79. The van der Waals surface area contributed by atoms with Crippen molar-refractivity contribution >= 4 is 25.5 Å². The Hall–Kier alpha value is 0.531. The Balaban J connectivity index is 2.81. The van der Waals surface area contributed by atoms with Gasteiger partial charge in [-0.05, 0) is 39.3 Å². The predicted octanol–water partition coefficient (Wildman–Crippen LogP) is 1.73. The van der Waals surface area contributed by atoms with Crippen molar-refractivity contribution in [1.29, 1.82) is 0 Å². The van der Waals surface area contributed by atoms with Crippen LogP contribution in [0.2, 0.25) is 39.3 Å². The third-order valence-electron chi connectivity index (χ3n) is 1.60. The van der Waals surface area contributed by atoms with Crippen molar-refractivity contribution in [1.82, 2.24) is 4.65 Å². The minimum Gasteiger partial charge on any atom is -0.425 e. The van der Waals surface area contributed by atoms with E-state index in [1.165, 1.54) is 0 Å². The van der Waals surface area contributed by atoms with E-state index in [0.717, 1.165) is 0 Å². The lowest BCUT2D eigenvalue weighted by Gasteiger charge is -2.47. The van der Waals surface area contributed by atoms with Gasteiger partial charge in [-0.25, -0.2) is 0 Å². The summed E-state index contributed by atoms with van der Waals surface area (Å²) in [6, 6.07) is 0. The van der Waals surface area contributed by atoms with Crippen molar-refractivity contribution in [3.8, 4) is 0 Å². The average Bonchev–Trinajstić information content (AvgIpc) is 1.44. The second-order valence-electron chi connectivity index (χ2n) is 4.75. The molecule has 0 radical (unpaired) electrons. The van der Waals surface area contributed by atoms with Gasteiger partial charge in [-0.1, -0.05) is 0 Å². The highest BCUT2D eigenvalue weighted by Crippen LogP contribution is 2.24. The molecule has 0 aliphatic carbocycles. The Bertz CT molecular complexity index is 148. The van der Waals surface area contributed by atoms with Crippen LogP contribution >= 0.6 is 0 Å². The molecule has 1 aliphatic rings. The van der Waals surface area contributed by atoms with Crippen molar-refractivity contribution in [3.05, 3.63) is 0 Å². The first-order chi connectivity index (χ1) is 5.12. The molecule has 1 fully saturated rings. The highest BCUT2D eigenvalue weighted by Gasteiger charge is 2.48. The lowest BCUT2D eigenvalue weighted by Crippen LogP contribution is -2.73. The van der Waals surface area contributed by atoms with Gasteiger partial charge >= 0.3 is 8.56 Å². The van der Waals surface area contributed by atoms with Gasteiger partial charge in [-0.2, -0.15) is 0 Å². The molecule has 0 saturated carbocycles. The molecule has 0 aromatic heterocycles. The molecule has 12 heavy (non-hydrogen) atoms. The van der Waals surface area contributed by atoms with Crippen LogP contribution in [0.5, 0.6) is 0 Å². The lowest BCUT2D eigenvalue weighted by atomic mass is 11.9. The molecule has 1 saturated heterocycles. The second-order valence-corrected chi connectivity index (χ2v) is 16.2. The van der Waals surface area contributed by atoms with Crippen LogP contribution in [-0.4, -0.2) is 25.5 Å². The largest absolute Gasteiger partial charge is 0.425 e. The molecule has 1 N–H and O–H groups in total. The summed E-state index contributed by atoms with van der Waals surface area (Å²) in [6.07, 6.45) is 0. The lowest BCUT2D eigenvalue weighted by molar-refractivity contribution is 0.357. The Morgan fingerprint density at radius 3 is 1.33 bits per heavy atom. The molecule has 1 rings (SSSR count). The molecule has 0 amide bonds. The molecule has 0 spiro atoms. The number of hydrogen-bond donors (Lipinski definition) is 1. The van der Waals surface area contributed by atoms with E-state index < -0.39 is 25.5 Å². The molecule has 1 heterocycles. The Morgan fingerprint density at radius 2 is 1.08 bits per heavy atom. The summed E-state index contributed by atoms with van der Waals surface area (Å²) in [6.45, 7) is 13.1. The van der Waals surface area contributed by atoms with Gasteiger partial charge in [0.25, 0.3) is 0 Å². The summed E-state index contributed by atoms with van der Waals surface area (Å²) in [5.74, 6) is 0. The fourth-order valence-electron chi connectivity index (χ4n) is 2.03. The maximum absolute atomic E-state index is 5.98. The monoisotopic (exact) mass is 221 g/mol. The van der Waals surface area contributed by atoms with Crippen molar-refractivity contribution in [3.63, 3.8) is 0 Å². The first kappa shape index (κ1) is 10.6. The van der Waals surface area contributed by atoms with Gasteiger partial charge < -0.3 is 12.9 Å². The van der Waals surface area contributed by atoms with Gasteiger partial charge in [0.05, 0.1) is 0 Å². The molecule has 0 unspecified atom stereocenters. The molecule has 0 aromatic carbocycles. The van der Waals surface area contributed by atoms with Gasteiger partial charge in [-0.3, -0.25) is 0 Å². The summed E-state index contributed by atoms with van der Waals surface area (Å²) >= 11 is 0. The molecule has 0 atom stereocenters. The van der Waals surface area contributed by atoms with Gasteiger partial charge in [0, 0.05) is 0 Å². The molecule has 3 nitrogen and oxygen atoms in total. The van der Waals surface area contributed by atoms with Crippen LogP contribution in [0, 0.1) is 0 Å². The van der Waals surface area contributed by atoms with E-state index in [1.54, 1.807) is 0 Å². The quantitative estimate of drug-likeness (QED) is 0.632. The Morgan fingerprint density at radius 1 is 0.750 bits per heavy atom. The smallest absolute Gasteiger partial charge is 0.312 e. The topological polar surface area (TPSA) is 30.5 Å². The number of rotatable bonds is 0. The summed E-state index contributed by atoms with van der Waals surface area (Å²) in [5.41, 5.74) is 0. The first-order valence-electron chi connectivity index (χ1n) is 4.32. The van der Waals surface area contributed by atoms with Crippen LogP contribution in [-0.2, 0) is 8.23 Å². The zero-order valence-corrected chi connectivity index (χ0v) is 11.8. The molecule has 1 aliphatic heterocycles. The molecule has 6 heteroatoms. The summed E-state index contributed by atoms with van der Waals surface area (Å²) in [5, 5.41) is 0.